The molecule has 0 aliphatic carbocycles. The molecule has 0 aliphatic heterocycles. The van der Waals surface area contributed by atoms with Crippen LogP contribution in [0.25, 0.3) is 11.1 Å². The van der Waals surface area contributed by atoms with Gasteiger partial charge in [-0.05, 0) is 0 Å². The molecule has 0 saturated carbocycles. The van der Waals surface area contributed by atoms with Gasteiger partial charge < -0.3 is 14.5 Å². The lowest BCUT2D eigenvalue weighted by Crippen LogP contribution is -1.95. The van der Waals surface area contributed by atoms with Crippen LogP contribution in [0, 0.1) is 0 Å². The van der Waals surface area contributed by atoms with Crippen molar-refractivity contribution in [3.05, 3.63) is 23.6 Å². The summed E-state index contributed by atoms with van der Waals surface area (Å²) in [5.41, 5.74) is 1.13. The predicted molar refractivity (Wildman–Crippen MR) is 42.9 cm³/mol. The Morgan fingerprint density at radius 2 is 2.38 bits per heavy atom. The van der Waals surface area contributed by atoms with Crippen molar-refractivity contribution in [1.82, 2.24) is 4.98 Å². The van der Waals surface area contributed by atoms with Crippen molar-refractivity contribution in [2.45, 2.75) is 0 Å². The number of carboxylic acids is 1. The first-order chi connectivity index (χ1) is 6.22. The van der Waals surface area contributed by atoms with Crippen LogP contribution in [0.4, 0.5) is 0 Å². The topological polar surface area (TPSA) is 83.3 Å². The van der Waals surface area contributed by atoms with Gasteiger partial charge in [-0.1, -0.05) is 0 Å². The molecule has 2 aromatic rings. The van der Waals surface area contributed by atoms with E-state index < -0.39 is 5.97 Å². The zero-order valence-corrected chi connectivity index (χ0v) is 6.40. The highest BCUT2D eigenvalue weighted by molar-refractivity contribution is 5.98. The van der Waals surface area contributed by atoms with E-state index in [4.69, 9.17) is 9.52 Å². The summed E-state index contributed by atoms with van der Waals surface area (Å²) in [6, 6.07) is 1.34. The number of carbonyl (C=O) groups is 2. The average molecular weight is 179 g/mol. The van der Waals surface area contributed by atoms with Crippen LogP contribution in [0.3, 0.4) is 0 Å². The lowest BCUT2D eigenvalue weighted by molar-refractivity contribution is 0.0691. The molecule has 0 amide bonds. The molecule has 2 aromatic heterocycles. The Morgan fingerprint density at radius 3 is 3.00 bits per heavy atom. The van der Waals surface area contributed by atoms with Gasteiger partial charge in [-0.3, -0.25) is 4.79 Å². The minimum absolute atomic E-state index is 0.0115. The predicted octanol–water partition coefficient (Wildman–Crippen LogP) is 1.27. The number of rotatable bonds is 2. The number of aromatic amines is 1. The Kier molecular flexibility index (Phi) is 1.45. The molecule has 5 heteroatoms. The normalized spacial score (nSPS) is 10.5. The van der Waals surface area contributed by atoms with Crippen molar-refractivity contribution >= 4 is 23.4 Å². The summed E-state index contributed by atoms with van der Waals surface area (Å²) in [5, 5.41) is 8.61. The maximum Gasteiger partial charge on any atom is 0.352 e. The molecule has 2 heterocycles. The van der Waals surface area contributed by atoms with E-state index in [2.05, 4.69) is 4.98 Å². The number of fused-ring (bicyclic) bond motifs is 1. The largest absolute Gasteiger partial charge is 0.477 e. The average Bonchev–Trinajstić information content (AvgIpc) is 2.60. The van der Waals surface area contributed by atoms with Gasteiger partial charge in [-0.15, -0.1) is 0 Å². The molecule has 13 heavy (non-hydrogen) atoms. The summed E-state index contributed by atoms with van der Waals surface area (Å²) in [7, 11) is 0. The van der Waals surface area contributed by atoms with E-state index >= 15 is 0 Å². The summed E-state index contributed by atoms with van der Waals surface area (Å²) in [4.78, 5) is 23.5. The molecule has 0 unspecified atom stereocenters. The van der Waals surface area contributed by atoms with Gasteiger partial charge in [-0.2, -0.15) is 0 Å². The quantitative estimate of drug-likeness (QED) is 0.680. The molecular formula is C8H5NO4. The van der Waals surface area contributed by atoms with E-state index in [1.807, 2.05) is 0 Å². The molecule has 0 saturated heterocycles. The van der Waals surface area contributed by atoms with Crippen LogP contribution in [-0.4, -0.2) is 22.3 Å². The molecule has 0 atom stereocenters. The van der Waals surface area contributed by atoms with Gasteiger partial charge in [0.1, 0.15) is 12.0 Å². The molecule has 66 valence electrons. The standard InChI is InChI=1S/C8H5NO4/c10-2-4-3-13-6-1-5(8(11)12)9-7(4)6/h1-3,9H,(H,11,12). The third-order valence-corrected chi connectivity index (χ3v) is 1.74. The Bertz CT molecular complexity index is 479. The highest BCUT2D eigenvalue weighted by Gasteiger charge is 2.12. The first-order valence-corrected chi connectivity index (χ1v) is 3.51. The van der Waals surface area contributed by atoms with Crippen LogP contribution < -0.4 is 0 Å². The molecule has 0 spiro atoms. The van der Waals surface area contributed by atoms with Crippen LogP contribution in [0.1, 0.15) is 20.8 Å². The van der Waals surface area contributed by atoms with Crippen molar-refractivity contribution in [3.8, 4) is 0 Å². The fourth-order valence-corrected chi connectivity index (χ4v) is 1.13. The number of carboxylic acid groups (broad SMARTS) is 1. The highest BCUT2D eigenvalue weighted by atomic mass is 16.4. The summed E-state index contributed by atoms with van der Waals surface area (Å²) in [6.07, 6.45) is 1.88. The van der Waals surface area contributed by atoms with E-state index in [-0.39, 0.29) is 5.69 Å². The molecule has 5 nitrogen and oxygen atoms in total. The van der Waals surface area contributed by atoms with Gasteiger partial charge >= 0.3 is 5.97 Å². The number of aldehydes is 1. The van der Waals surface area contributed by atoms with Crippen molar-refractivity contribution < 1.29 is 19.1 Å². The SMILES string of the molecule is O=Cc1coc2cc(C(=O)O)[nH]c12. The summed E-state index contributed by atoms with van der Waals surface area (Å²) in [6.45, 7) is 0. The zero-order chi connectivity index (χ0) is 9.42. The maximum absolute atomic E-state index is 10.5. The number of hydrogen-bond donors (Lipinski definition) is 2. The van der Waals surface area contributed by atoms with Gasteiger partial charge in [0.05, 0.1) is 11.1 Å². The third kappa shape index (κ3) is 1.01. The molecule has 0 aromatic carbocycles. The van der Waals surface area contributed by atoms with Crippen molar-refractivity contribution in [1.29, 1.82) is 0 Å². The van der Waals surface area contributed by atoms with Crippen LogP contribution >= 0.6 is 0 Å². The van der Waals surface area contributed by atoms with E-state index in [1.54, 1.807) is 0 Å². The lowest BCUT2D eigenvalue weighted by atomic mass is 10.3. The highest BCUT2D eigenvalue weighted by Crippen LogP contribution is 2.20. The van der Waals surface area contributed by atoms with E-state index in [1.165, 1.54) is 12.3 Å². The number of aromatic nitrogens is 1. The molecule has 0 aliphatic rings. The van der Waals surface area contributed by atoms with Gasteiger partial charge in [0, 0.05) is 6.07 Å². The second-order valence-corrected chi connectivity index (χ2v) is 2.54. The Balaban J connectivity index is 2.69. The molecule has 2 N–H and O–H groups in total. The van der Waals surface area contributed by atoms with Gasteiger partial charge in [0.25, 0.3) is 0 Å². The van der Waals surface area contributed by atoms with Crippen LogP contribution in [0.15, 0.2) is 16.7 Å². The first-order valence-electron chi connectivity index (χ1n) is 3.51. The second-order valence-electron chi connectivity index (χ2n) is 2.54. The smallest absolute Gasteiger partial charge is 0.352 e. The van der Waals surface area contributed by atoms with Crippen molar-refractivity contribution in [3.63, 3.8) is 0 Å². The van der Waals surface area contributed by atoms with Crippen molar-refractivity contribution in [2.24, 2.45) is 0 Å². The Labute approximate surface area is 72.0 Å². The number of hydrogen-bond acceptors (Lipinski definition) is 3. The molecular weight excluding hydrogens is 174 g/mol. The lowest BCUT2D eigenvalue weighted by Gasteiger charge is -1.84. The fourth-order valence-electron chi connectivity index (χ4n) is 1.13. The summed E-state index contributed by atoms with van der Waals surface area (Å²) < 4.78 is 4.94. The minimum Gasteiger partial charge on any atom is -0.477 e. The first kappa shape index (κ1) is 7.60. The maximum atomic E-state index is 10.5. The molecule has 0 radical (unpaired) electrons. The van der Waals surface area contributed by atoms with Gasteiger partial charge in [0.2, 0.25) is 0 Å². The summed E-state index contributed by atoms with van der Waals surface area (Å²) >= 11 is 0. The summed E-state index contributed by atoms with van der Waals surface area (Å²) in [5.74, 6) is -1.08. The van der Waals surface area contributed by atoms with Crippen LogP contribution in [0.5, 0.6) is 0 Å². The monoisotopic (exact) mass is 179 g/mol. The number of carbonyl (C=O) groups excluding carboxylic acids is 1. The third-order valence-electron chi connectivity index (χ3n) is 1.74. The Hall–Kier alpha value is -2.04. The van der Waals surface area contributed by atoms with E-state index in [0.29, 0.717) is 22.9 Å². The van der Waals surface area contributed by atoms with Crippen molar-refractivity contribution in [2.75, 3.05) is 0 Å². The van der Waals surface area contributed by atoms with E-state index in [0.717, 1.165) is 0 Å². The van der Waals surface area contributed by atoms with E-state index in [9.17, 15) is 9.59 Å². The molecule has 0 fully saturated rings. The number of aromatic carboxylic acids is 1. The number of H-pyrrole nitrogens is 1. The number of furan rings is 1. The molecule has 2 rings (SSSR count). The fraction of sp³-hybridized carbons (Fsp3) is 0. The van der Waals surface area contributed by atoms with Gasteiger partial charge in [0.15, 0.2) is 11.9 Å². The van der Waals surface area contributed by atoms with Crippen LogP contribution in [0.2, 0.25) is 0 Å². The Morgan fingerprint density at radius 1 is 1.62 bits per heavy atom. The molecule has 0 bridgehead atoms. The minimum atomic E-state index is -1.08. The van der Waals surface area contributed by atoms with Crippen LogP contribution in [-0.2, 0) is 0 Å². The zero-order valence-electron chi connectivity index (χ0n) is 6.40. The second kappa shape index (κ2) is 2.48. The van der Waals surface area contributed by atoms with Gasteiger partial charge in [-0.25, -0.2) is 4.79 Å². The number of nitrogens with one attached hydrogen (secondary N) is 1.